The molecule has 0 aliphatic carbocycles. The first-order valence-corrected chi connectivity index (χ1v) is 9.76. The lowest BCUT2D eigenvalue weighted by Crippen LogP contribution is -2.42. The first-order valence-electron chi connectivity index (χ1n) is 9.76. The maximum Gasteiger partial charge on any atom is 0.252 e. The van der Waals surface area contributed by atoms with E-state index in [0.29, 0.717) is 17.7 Å². The summed E-state index contributed by atoms with van der Waals surface area (Å²) in [5, 5.41) is 23.2. The van der Waals surface area contributed by atoms with Crippen LogP contribution in [-0.2, 0) is 9.53 Å². The van der Waals surface area contributed by atoms with Gasteiger partial charge in [0.05, 0.1) is 6.33 Å². The van der Waals surface area contributed by atoms with Crippen LogP contribution in [0.3, 0.4) is 0 Å². The number of imidazole rings is 1. The molecule has 29 heavy (non-hydrogen) atoms. The second-order valence-corrected chi connectivity index (χ2v) is 6.84. The number of rotatable bonds is 6. The quantitative estimate of drug-likeness (QED) is 0.393. The number of aromatic nitrogens is 4. The zero-order valence-corrected chi connectivity index (χ0v) is 16.5. The average Bonchev–Trinajstić information content (AvgIpc) is 3.24. The molecule has 10 nitrogen and oxygen atoms in total. The SMILES string of the molecule is CCCCCC#Cc1nc(N)c2ncn([C@@H]3O[C@H](C(=O)NCC)[C@@H](O)[C@H]3O)c2n1. The Labute approximate surface area is 168 Å². The Hall–Kier alpha value is -2.74. The third-order valence-electron chi connectivity index (χ3n) is 4.68. The van der Waals surface area contributed by atoms with Gasteiger partial charge in [0.2, 0.25) is 5.82 Å². The standard InChI is InChI=1S/C19H26N6O4/c1-3-5-6-7-8-9-11-23-16(20)12-17(24-11)25(10-22-12)19-14(27)13(26)15(29-19)18(28)21-4-2/h10,13-15,19,26-27H,3-7H2,1-2H3,(H,21,28)(H2,20,23,24)/t13-,14+,15-,19+/m0/s1. The van der Waals surface area contributed by atoms with Crippen molar-refractivity contribution < 1.29 is 19.7 Å². The summed E-state index contributed by atoms with van der Waals surface area (Å²) in [5.41, 5.74) is 6.62. The summed E-state index contributed by atoms with van der Waals surface area (Å²) in [6.07, 6.45) is 0.347. The Morgan fingerprint density at radius 2 is 2.10 bits per heavy atom. The number of hydrogen-bond acceptors (Lipinski definition) is 8. The minimum absolute atomic E-state index is 0.153. The number of nitrogens with one attached hydrogen (secondary N) is 1. The summed E-state index contributed by atoms with van der Waals surface area (Å²) in [7, 11) is 0. The number of hydrogen-bond donors (Lipinski definition) is 4. The highest BCUT2D eigenvalue weighted by molar-refractivity contribution is 5.83. The Morgan fingerprint density at radius 1 is 1.31 bits per heavy atom. The number of aliphatic hydroxyl groups is 2. The molecule has 1 aliphatic heterocycles. The van der Waals surface area contributed by atoms with Crippen LogP contribution in [-0.4, -0.2) is 60.5 Å². The molecule has 3 heterocycles. The van der Waals surface area contributed by atoms with Crippen LogP contribution >= 0.6 is 0 Å². The predicted octanol–water partition coefficient (Wildman–Crippen LogP) is 0.0956. The van der Waals surface area contributed by atoms with E-state index in [0.717, 1.165) is 25.7 Å². The highest BCUT2D eigenvalue weighted by Gasteiger charge is 2.47. The van der Waals surface area contributed by atoms with E-state index in [-0.39, 0.29) is 11.6 Å². The van der Waals surface area contributed by atoms with E-state index in [1.54, 1.807) is 6.92 Å². The molecule has 3 rings (SSSR count). The van der Waals surface area contributed by atoms with Gasteiger partial charge in [-0.25, -0.2) is 15.0 Å². The molecule has 0 saturated carbocycles. The van der Waals surface area contributed by atoms with E-state index in [1.807, 2.05) is 0 Å². The van der Waals surface area contributed by atoms with E-state index in [4.69, 9.17) is 10.5 Å². The van der Waals surface area contributed by atoms with Crippen molar-refractivity contribution >= 4 is 22.9 Å². The lowest BCUT2D eigenvalue weighted by atomic mass is 10.1. The van der Waals surface area contributed by atoms with Crippen molar-refractivity contribution in [2.45, 2.75) is 64.1 Å². The smallest absolute Gasteiger partial charge is 0.252 e. The molecule has 0 unspecified atom stereocenters. The molecular formula is C19H26N6O4. The van der Waals surface area contributed by atoms with Crippen LogP contribution in [0, 0.1) is 11.8 Å². The first-order chi connectivity index (χ1) is 14.0. The van der Waals surface area contributed by atoms with Gasteiger partial charge < -0.3 is 26.0 Å². The van der Waals surface area contributed by atoms with Gasteiger partial charge in [-0.05, 0) is 19.3 Å². The largest absolute Gasteiger partial charge is 0.387 e. The van der Waals surface area contributed by atoms with Gasteiger partial charge in [-0.15, -0.1) is 0 Å². The predicted molar refractivity (Wildman–Crippen MR) is 105 cm³/mol. The monoisotopic (exact) mass is 402 g/mol. The van der Waals surface area contributed by atoms with E-state index in [2.05, 4.69) is 39.0 Å². The zero-order chi connectivity index (χ0) is 21.0. The first kappa shape index (κ1) is 21.0. The summed E-state index contributed by atoms with van der Waals surface area (Å²) in [4.78, 5) is 24.8. The molecule has 2 aromatic heterocycles. The van der Waals surface area contributed by atoms with Crippen LogP contribution in [0.2, 0.25) is 0 Å². The van der Waals surface area contributed by atoms with Gasteiger partial charge >= 0.3 is 0 Å². The van der Waals surface area contributed by atoms with Crippen molar-refractivity contribution in [1.29, 1.82) is 0 Å². The second-order valence-electron chi connectivity index (χ2n) is 6.84. The number of likely N-dealkylation sites (N-methyl/N-ethyl adjacent to an activating group) is 1. The van der Waals surface area contributed by atoms with Crippen molar-refractivity contribution in [2.75, 3.05) is 12.3 Å². The number of carbonyl (C=O) groups excluding carboxylic acids is 1. The highest BCUT2D eigenvalue weighted by Crippen LogP contribution is 2.32. The molecule has 1 saturated heterocycles. The van der Waals surface area contributed by atoms with Crippen molar-refractivity contribution in [3.63, 3.8) is 0 Å². The normalized spacial score (nSPS) is 23.7. The third kappa shape index (κ3) is 4.32. The number of aliphatic hydroxyl groups excluding tert-OH is 2. The average molecular weight is 402 g/mol. The maximum atomic E-state index is 12.1. The van der Waals surface area contributed by atoms with Crippen molar-refractivity contribution in [3.05, 3.63) is 12.2 Å². The summed E-state index contributed by atoms with van der Waals surface area (Å²) in [5.74, 6) is 5.81. The molecule has 156 valence electrons. The van der Waals surface area contributed by atoms with Crippen LogP contribution in [0.15, 0.2) is 6.33 Å². The van der Waals surface area contributed by atoms with Gasteiger partial charge in [-0.1, -0.05) is 25.7 Å². The fourth-order valence-corrected chi connectivity index (χ4v) is 3.17. The van der Waals surface area contributed by atoms with Gasteiger partial charge in [0.15, 0.2) is 23.8 Å². The van der Waals surface area contributed by atoms with Gasteiger partial charge in [-0.3, -0.25) is 9.36 Å². The number of unbranched alkanes of at least 4 members (excludes halogenated alkanes) is 3. The number of nitrogen functional groups attached to an aromatic ring is 1. The highest BCUT2D eigenvalue weighted by atomic mass is 16.6. The summed E-state index contributed by atoms with van der Waals surface area (Å²) in [6, 6.07) is 0. The van der Waals surface area contributed by atoms with E-state index >= 15 is 0 Å². The lowest BCUT2D eigenvalue weighted by Gasteiger charge is -2.16. The number of anilines is 1. The summed E-state index contributed by atoms with van der Waals surface area (Å²) >= 11 is 0. The zero-order valence-electron chi connectivity index (χ0n) is 16.5. The van der Waals surface area contributed by atoms with Crippen LogP contribution in [0.4, 0.5) is 5.82 Å². The van der Waals surface area contributed by atoms with Crippen LogP contribution in [0.1, 0.15) is 51.6 Å². The van der Waals surface area contributed by atoms with Crippen molar-refractivity contribution in [3.8, 4) is 11.8 Å². The fraction of sp³-hybridized carbons (Fsp3) is 0.579. The van der Waals surface area contributed by atoms with E-state index in [1.165, 1.54) is 10.9 Å². The third-order valence-corrected chi connectivity index (χ3v) is 4.68. The molecule has 1 fully saturated rings. The Balaban J connectivity index is 1.89. The fourth-order valence-electron chi connectivity index (χ4n) is 3.17. The van der Waals surface area contributed by atoms with Crippen LogP contribution < -0.4 is 11.1 Å². The number of fused-ring (bicyclic) bond motifs is 1. The maximum absolute atomic E-state index is 12.1. The van der Waals surface area contributed by atoms with E-state index < -0.39 is 30.4 Å². The molecule has 4 atom stereocenters. The van der Waals surface area contributed by atoms with E-state index in [9.17, 15) is 15.0 Å². The molecule has 10 heteroatoms. The molecule has 1 aliphatic rings. The number of nitrogens with zero attached hydrogens (tertiary/aromatic N) is 4. The Kier molecular flexibility index (Phi) is 6.64. The Bertz CT molecular complexity index is 934. The summed E-state index contributed by atoms with van der Waals surface area (Å²) < 4.78 is 7.06. The minimum Gasteiger partial charge on any atom is -0.387 e. The number of carbonyl (C=O) groups is 1. The molecular weight excluding hydrogens is 376 g/mol. The molecule has 0 aromatic carbocycles. The molecule has 2 aromatic rings. The van der Waals surface area contributed by atoms with Gasteiger partial charge in [0.25, 0.3) is 5.91 Å². The number of amides is 1. The van der Waals surface area contributed by atoms with Gasteiger partial charge in [-0.2, -0.15) is 0 Å². The van der Waals surface area contributed by atoms with Crippen LogP contribution in [0.25, 0.3) is 11.2 Å². The molecule has 0 bridgehead atoms. The topological polar surface area (TPSA) is 148 Å². The molecule has 1 amide bonds. The number of ether oxygens (including phenoxy) is 1. The van der Waals surface area contributed by atoms with Crippen molar-refractivity contribution in [2.24, 2.45) is 0 Å². The molecule has 0 radical (unpaired) electrons. The summed E-state index contributed by atoms with van der Waals surface area (Å²) in [6.45, 7) is 4.25. The second kappa shape index (κ2) is 9.17. The van der Waals surface area contributed by atoms with Gasteiger partial charge in [0.1, 0.15) is 17.7 Å². The minimum atomic E-state index is -1.39. The molecule has 0 spiro atoms. The number of nitrogens with two attached hydrogens (primary N) is 1. The Morgan fingerprint density at radius 3 is 2.83 bits per heavy atom. The van der Waals surface area contributed by atoms with Crippen LogP contribution in [0.5, 0.6) is 0 Å². The van der Waals surface area contributed by atoms with Crippen molar-refractivity contribution in [1.82, 2.24) is 24.8 Å². The molecule has 5 N–H and O–H groups in total. The lowest BCUT2D eigenvalue weighted by molar-refractivity contribution is -0.137. The van der Waals surface area contributed by atoms with Gasteiger partial charge in [0, 0.05) is 13.0 Å².